The molecule has 112 valence electrons. The summed E-state index contributed by atoms with van der Waals surface area (Å²) >= 11 is 0. The molecular formula is C11H17N3O4S2. The number of benzene rings is 1. The molecule has 1 aromatic rings. The zero-order valence-corrected chi connectivity index (χ0v) is 12.4. The summed E-state index contributed by atoms with van der Waals surface area (Å²) in [4.78, 5) is -0.148. The number of nitrogens with two attached hydrogens (primary N) is 1. The molecule has 7 nitrogen and oxygen atoms in total. The minimum atomic E-state index is -3.74. The molecule has 0 unspecified atom stereocenters. The third-order valence-corrected chi connectivity index (χ3v) is 5.74. The van der Waals surface area contributed by atoms with Crippen molar-refractivity contribution >= 4 is 20.0 Å². The van der Waals surface area contributed by atoms with E-state index < -0.39 is 20.0 Å². The number of sulfonamides is 2. The van der Waals surface area contributed by atoms with Gasteiger partial charge in [-0.1, -0.05) is 6.07 Å². The quantitative estimate of drug-likeness (QED) is 0.618. The molecule has 9 heteroatoms. The Bertz CT molecular complexity index is 681. The SMILES string of the molecule is NCCNS(=O)(=O)c1cccc(S(=O)(=O)NC2CC2)c1. The van der Waals surface area contributed by atoms with Crippen LogP contribution in [0.3, 0.4) is 0 Å². The first-order valence-corrected chi connectivity index (χ1v) is 9.14. The van der Waals surface area contributed by atoms with E-state index in [-0.39, 0.29) is 28.9 Å². The molecule has 0 spiro atoms. The topological polar surface area (TPSA) is 118 Å². The van der Waals surface area contributed by atoms with Crippen molar-refractivity contribution in [2.24, 2.45) is 5.73 Å². The third-order valence-electron chi connectivity index (χ3n) is 2.76. The minimum Gasteiger partial charge on any atom is -0.329 e. The summed E-state index contributed by atoms with van der Waals surface area (Å²) in [6.07, 6.45) is 1.63. The zero-order valence-electron chi connectivity index (χ0n) is 10.7. The maximum Gasteiger partial charge on any atom is 0.240 e. The smallest absolute Gasteiger partial charge is 0.240 e. The van der Waals surface area contributed by atoms with Crippen LogP contribution in [0.25, 0.3) is 0 Å². The maximum atomic E-state index is 12.0. The highest BCUT2D eigenvalue weighted by molar-refractivity contribution is 7.90. The second-order valence-electron chi connectivity index (χ2n) is 4.56. The van der Waals surface area contributed by atoms with Gasteiger partial charge in [-0.2, -0.15) is 0 Å². The Hall–Kier alpha value is -1.00. The van der Waals surface area contributed by atoms with Gasteiger partial charge in [-0.25, -0.2) is 26.3 Å². The van der Waals surface area contributed by atoms with Gasteiger partial charge in [-0.15, -0.1) is 0 Å². The van der Waals surface area contributed by atoms with Gasteiger partial charge in [-0.3, -0.25) is 0 Å². The van der Waals surface area contributed by atoms with Crippen LogP contribution in [0.1, 0.15) is 12.8 Å². The molecule has 0 bridgehead atoms. The Balaban J connectivity index is 2.27. The van der Waals surface area contributed by atoms with E-state index in [9.17, 15) is 16.8 Å². The van der Waals surface area contributed by atoms with Crippen molar-refractivity contribution in [1.29, 1.82) is 0 Å². The van der Waals surface area contributed by atoms with Gasteiger partial charge < -0.3 is 5.73 Å². The summed E-state index contributed by atoms with van der Waals surface area (Å²) in [6, 6.07) is 5.22. The van der Waals surface area contributed by atoms with Crippen LogP contribution in [0.5, 0.6) is 0 Å². The first-order chi connectivity index (χ1) is 9.35. The summed E-state index contributed by atoms with van der Waals surface area (Å²) in [5, 5.41) is 0. The van der Waals surface area contributed by atoms with Gasteiger partial charge in [-0.05, 0) is 31.0 Å². The predicted molar refractivity (Wildman–Crippen MR) is 74.0 cm³/mol. The lowest BCUT2D eigenvalue weighted by atomic mass is 10.4. The van der Waals surface area contributed by atoms with Gasteiger partial charge >= 0.3 is 0 Å². The van der Waals surface area contributed by atoms with E-state index in [1.54, 1.807) is 0 Å². The molecule has 1 saturated carbocycles. The normalized spacial score (nSPS) is 16.2. The van der Waals surface area contributed by atoms with Crippen LogP contribution in [-0.4, -0.2) is 36.0 Å². The molecule has 0 heterocycles. The van der Waals surface area contributed by atoms with Gasteiger partial charge in [0.1, 0.15) is 0 Å². The Morgan fingerprint density at radius 1 is 1.10 bits per heavy atom. The number of rotatable bonds is 7. The Morgan fingerprint density at radius 3 is 2.25 bits per heavy atom. The fraction of sp³-hybridized carbons (Fsp3) is 0.455. The van der Waals surface area contributed by atoms with Crippen molar-refractivity contribution in [3.05, 3.63) is 24.3 Å². The van der Waals surface area contributed by atoms with Crippen molar-refractivity contribution < 1.29 is 16.8 Å². The highest BCUT2D eigenvalue weighted by Gasteiger charge is 2.28. The van der Waals surface area contributed by atoms with E-state index in [1.807, 2.05) is 0 Å². The maximum absolute atomic E-state index is 12.0. The van der Waals surface area contributed by atoms with Crippen molar-refractivity contribution in [3.8, 4) is 0 Å². The van der Waals surface area contributed by atoms with E-state index in [0.29, 0.717) is 0 Å². The summed E-state index contributed by atoms with van der Waals surface area (Å²) in [7, 11) is -7.41. The van der Waals surface area contributed by atoms with Crippen molar-refractivity contribution in [2.45, 2.75) is 28.7 Å². The molecule has 1 aliphatic rings. The minimum absolute atomic E-state index is 0.0318. The summed E-state index contributed by atoms with van der Waals surface area (Å²) in [5.74, 6) is 0. The highest BCUT2D eigenvalue weighted by atomic mass is 32.2. The van der Waals surface area contributed by atoms with Gasteiger partial charge in [0, 0.05) is 19.1 Å². The van der Waals surface area contributed by atoms with Crippen LogP contribution in [0.15, 0.2) is 34.1 Å². The second-order valence-corrected chi connectivity index (χ2v) is 8.04. The molecule has 0 saturated heterocycles. The Kier molecular flexibility index (Phi) is 4.45. The van der Waals surface area contributed by atoms with E-state index in [4.69, 9.17) is 5.73 Å². The third kappa shape index (κ3) is 3.76. The Labute approximate surface area is 118 Å². The van der Waals surface area contributed by atoms with E-state index >= 15 is 0 Å². The fourth-order valence-corrected chi connectivity index (χ4v) is 4.09. The van der Waals surface area contributed by atoms with Crippen molar-refractivity contribution in [3.63, 3.8) is 0 Å². The molecule has 0 aromatic heterocycles. The average Bonchev–Trinajstić information content (AvgIpc) is 3.20. The van der Waals surface area contributed by atoms with Gasteiger partial charge in [0.25, 0.3) is 0 Å². The van der Waals surface area contributed by atoms with Crippen LogP contribution in [0.4, 0.5) is 0 Å². The molecule has 0 radical (unpaired) electrons. The molecule has 0 amide bonds. The lowest BCUT2D eigenvalue weighted by molar-refractivity contribution is 0.579. The molecule has 2 rings (SSSR count). The standard InChI is InChI=1S/C11H17N3O4S2/c12-6-7-13-19(15,16)10-2-1-3-11(8-10)20(17,18)14-9-4-5-9/h1-3,8-9,13-14H,4-7,12H2. The van der Waals surface area contributed by atoms with Crippen LogP contribution in [-0.2, 0) is 20.0 Å². The van der Waals surface area contributed by atoms with Crippen molar-refractivity contribution in [2.75, 3.05) is 13.1 Å². The molecule has 0 aliphatic heterocycles. The second kappa shape index (κ2) is 5.78. The average molecular weight is 319 g/mol. The molecule has 20 heavy (non-hydrogen) atoms. The number of nitrogens with one attached hydrogen (secondary N) is 2. The monoisotopic (exact) mass is 319 g/mol. The largest absolute Gasteiger partial charge is 0.329 e. The highest BCUT2D eigenvalue weighted by Crippen LogP contribution is 2.23. The first-order valence-electron chi connectivity index (χ1n) is 6.17. The van der Waals surface area contributed by atoms with Crippen LogP contribution < -0.4 is 15.2 Å². The van der Waals surface area contributed by atoms with Crippen LogP contribution in [0, 0.1) is 0 Å². The lowest BCUT2D eigenvalue weighted by Crippen LogP contribution is -2.30. The van der Waals surface area contributed by atoms with Gasteiger partial charge in [0.15, 0.2) is 0 Å². The summed E-state index contributed by atoms with van der Waals surface area (Å²) in [6.45, 7) is 0.264. The molecule has 0 atom stereocenters. The lowest BCUT2D eigenvalue weighted by Gasteiger charge is -2.09. The molecule has 1 aromatic carbocycles. The van der Waals surface area contributed by atoms with E-state index in [1.165, 1.54) is 18.2 Å². The fourth-order valence-electron chi connectivity index (χ4n) is 1.57. The molecule has 1 aliphatic carbocycles. The summed E-state index contributed by atoms with van der Waals surface area (Å²) < 4.78 is 52.7. The van der Waals surface area contributed by atoms with Crippen LogP contribution in [0.2, 0.25) is 0 Å². The molecule has 4 N–H and O–H groups in total. The first kappa shape index (κ1) is 15.4. The number of hydrogen-bond donors (Lipinski definition) is 3. The van der Waals surface area contributed by atoms with Gasteiger partial charge in [0.05, 0.1) is 9.79 Å². The van der Waals surface area contributed by atoms with E-state index in [2.05, 4.69) is 9.44 Å². The molecule has 1 fully saturated rings. The Morgan fingerprint density at radius 2 is 1.70 bits per heavy atom. The molecular weight excluding hydrogens is 302 g/mol. The van der Waals surface area contributed by atoms with Gasteiger partial charge in [0.2, 0.25) is 20.0 Å². The zero-order chi connectivity index (χ0) is 14.8. The predicted octanol–water partition coefficient (Wildman–Crippen LogP) is -0.636. The summed E-state index contributed by atoms with van der Waals surface area (Å²) in [5.41, 5.74) is 5.24. The van der Waals surface area contributed by atoms with Crippen LogP contribution >= 0.6 is 0 Å². The van der Waals surface area contributed by atoms with E-state index in [0.717, 1.165) is 18.9 Å². The van der Waals surface area contributed by atoms with Crippen molar-refractivity contribution in [1.82, 2.24) is 9.44 Å². The number of hydrogen-bond acceptors (Lipinski definition) is 5.